The van der Waals surface area contributed by atoms with Gasteiger partial charge in [-0.05, 0) is 23.3 Å². The fourth-order valence-electron chi connectivity index (χ4n) is 0.978. The van der Waals surface area contributed by atoms with Crippen LogP contribution in [0.1, 0.15) is 5.56 Å². The number of benzene rings is 1. The molecule has 0 fully saturated rings. The van der Waals surface area contributed by atoms with Crippen molar-refractivity contribution in [1.29, 1.82) is 0 Å². The summed E-state index contributed by atoms with van der Waals surface area (Å²) >= 11 is 0. The van der Waals surface area contributed by atoms with Gasteiger partial charge in [-0.1, -0.05) is 18.7 Å². The molecule has 1 aromatic carbocycles. The zero-order valence-corrected chi connectivity index (χ0v) is 8.07. The molecule has 0 spiro atoms. The van der Waals surface area contributed by atoms with E-state index in [1.807, 2.05) is 18.2 Å². The van der Waals surface area contributed by atoms with Crippen LogP contribution in [0.3, 0.4) is 0 Å². The number of hydrogen-bond acceptors (Lipinski definition) is 3. The Morgan fingerprint density at radius 1 is 1.50 bits per heavy atom. The summed E-state index contributed by atoms with van der Waals surface area (Å²) in [5.41, 5.74) is 7.05. The maximum Gasteiger partial charge on any atom is 0.120 e. The summed E-state index contributed by atoms with van der Waals surface area (Å²) in [4.78, 5) is 0. The van der Waals surface area contributed by atoms with Crippen molar-refractivity contribution in [3.63, 3.8) is 0 Å². The van der Waals surface area contributed by atoms with Crippen LogP contribution in [0.5, 0.6) is 5.75 Å². The lowest BCUT2D eigenvalue weighted by atomic mass is 10.2. The van der Waals surface area contributed by atoms with E-state index in [4.69, 9.17) is 15.6 Å². The number of aliphatic hydroxyl groups is 1. The van der Waals surface area contributed by atoms with Crippen LogP contribution in [-0.2, 0) is 6.61 Å². The normalized spacial score (nSPS) is 9.86. The fourth-order valence-corrected chi connectivity index (χ4v) is 0.978. The van der Waals surface area contributed by atoms with Crippen molar-refractivity contribution in [3.8, 4) is 5.75 Å². The largest absolute Gasteiger partial charge is 0.489 e. The van der Waals surface area contributed by atoms with E-state index in [1.165, 1.54) is 0 Å². The average Bonchev–Trinajstić information content (AvgIpc) is 2.26. The maximum atomic E-state index is 8.89. The zero-order chi connectivity index (χ0) is 10.4. The summed E-state index contributed by atoms with van der Waals surface area (Å²) in [6.45, 7) is 4.61. The monoisotopic (exact) mass is 193 g/mol. The molecule has 0 saturated heterocycles. The molecule has 0 aliphatic heterocycles. The minimum absolute atomic E-state index is 0.0229. The SMILES string of the molecule is C=C(CN)COc1cccc(CO)c1. The Hall–Kier alpha value is -1.32. The summed E-state index contributed by atoms with van der Waals surface area (Å²) in [6, 6.07) is 7.31. The molecule has 0 atom stereocenters. The van der Waals surface area contributed by atoms with Crippen molar-refractivity contribution in [1.82, 2.24) is 0 Å². The minimum Gasteiger partial charge on any atom is -0.489 e. The number of nitrogens with two attached hydrogens (primary N) is 1. The second-order valence-corrected chi connectivity index (χ2v) is 3.05. The van der Waals surface area contributed by atoms with Gasteiger partial charge in [-0.15, -0.1) is 0 Å². The van der Waals surface area contributed by atoms with E-state index in [0.717, 1.165) is 16.9 Å². The summed E-state index contributed by atoms with van der Waals surface area (Å²) in [5.74, 6) is 0.728. The quantitative estimate of drug-likeness (QED) is 0.688. The molecule has 76 valence electrons. The summed E-state index contributed by atoms with van der Waals surface area (Å²) in [7, 11) is 0. The Morgan fingerprint density at radius 3 is 2.93 bits per heavy atom. The smallest absolute Gasteiger partial charge is 0.120 e. The van der Waals surface area contributed by atoms with Gasteiger partial charge in [0.2, 0.25) is 0 Å². The zero-order valence-electron chi connectivity index (χ0n) is 8.07. The van der Waals surface area contributed by atoms with Gasteiger partial charge >= 0.3 is 0 Å². The number of ether oxygens (including phenoxy) is 1. The van der Waals surface area contributed by atoms with Gasteiger partial charge in [0.15, 0.2) is 0 Å². The second kappa shape index (κ2) is 5.42. The molecule has 3 nitrogen and oxygen atoms in total. The van der Waals surface area contributed by atoms with Crippen LogP contribution in [0.25, 0.3) is 0 Å². The molecule has 3 N–H and O–H groups in total. The first-order valence-corrected chi connectivity index (χ1v) is 4.45. The van der Waals surface area contributed by atoms with Gasteiger partial charge in [0.05, 0.1) is 6.61 Å². The Morgan fingerprint density at radius 2 is 2.29 bits per heavy atom. The number of hydrogen-bond donors (Lipinski definition) is 2. The van der Waals surface area contributed by atoms with E-state index in [0.29, 0.717) is 13.2 Å². The van der Waals surface area contributed by atoms with Crippen molar-refractivity contribution < 1.29 is 9.84 Å². The van der Waals surface area contributed by atoms with Gasteiger partial charge in [0.1, 0.15) is 12.4 Å². The first kappa shape index (κ1) is 10.8. The van der Waals surface area contributed by atoms with Crippen LogP contribution in [0.15, 0.2) is 36.4 Å². The van der Waals surface area contributed by atoms with E-state index in [9.17, 15) is 0 Å². The fraction of sp³-hybridized carbons (Fsp3) is 0.273. The number of aliphatic hydroxyl groups excluding tert-OH is 1. The molecule has 0 unspecified atom stereocenters. The highest BCUT2D eigenvalue weighted by atomic mass is 16.5. The predicted molar refractivity (Wildman–Crippen MR) is 56.1 cm³/mol. The van der Waals surface area contributed by atoms with Crippen molar-refractivity contribution in [3.05, 3.63) is 42.0 Å². The Bertz CT molecular complexity index is 310. The molecular formula is C11H15NO2. The predicted octanol–water partition coefficient (Wildman–Crippen LogP) is 1.07. The van der Waals surface area contributed by atoms with Crippen molar-refractivity contribution in [2.75, 3.05) is 13.2 Å². The van der Waals surface area contributed by atoms with Gasteiger partial charge < -0.3 is 15.6 Å². The second-order valence-electron chi connectivity index (χ2n) is 3.05. The summed E-state index contributed by atoms with van der Waals surface area (Å²) < 4.78 is 5.41. The molecule has 0 heterocycles. The van der Waals surface area contributed by atoms with Gasteiger partial charge in [-0.3, -0.25) is 0 Å². The molecule has 0 bridgehead atoms. The molecule has 14 heavy (non-hydrogen) atoms. The topological polar surface area (TPSA) is 55.5 Å². The first-order chi connectivity index (χ1) is 6.76. The molecule has 0 aliphatic carbocycles. The Kier molecular flexibility index (Phi) is 4.16. The lowest BCUT2D eigenvalue weighted by molar-refractivity contribution is 0.280. The van der Waals surface area contributed by atoms with Gasteiger partial charge in [-0.2, -0.15) is 0 Å². The van der Waals surface area contributed by atoms with Gasteiger partial charge in [0.25, 0.3) is 0 Å². The van der Waals surface area contributed by atoms with E-state index in [-0.39, 0.29) is 6.61 Å². The summed E-state index contributed by atoms with van der Waals surface area (Å²) in [6.07, 6.45) is 0. The molecule has 0 saturated carbocycles. The molecule has 1 rings (SSSR count). The van der Waals surface area contributed by atoms with Crippen LogP contribution in [0.2, 0.25) is 0 Å². The molecule has 0 amide bonds. The standard InChI is InChI=1S/C11H15NO2/c1-9(6-12)8-14-11-4-2-3-10(5-11)7-13/h2-5,13H,1,6-8,12H2. The highest BCUT2D eigenvalue weighted by Crippen LogP contribution is 2.13. The Balaban J connectivity index is 2.54. The first-order valence-electron chi connectivity index (χ1n) is 4.45. The molecule has 1 aromatic rings. The number of rotatable bonds is 5. The van der Waals surface area contributed by atoms with E-state index < -0.39 is 0 Å². The highest BCUT2D eigenvalue weighted by molar-refractivity contribution is 5.28. The molecule has 0 aromatic heterocycles. The van der Waals surface area contributed by atoms with Crippen molar-refractivity contribution in [2.45, 2.75) is 6.61 Å². The van der Waals surface area contributed by atoms with E-state index in [2.05, 4.69) is 6.58 Å². The van der Waals surface area contributed by atoms with E-state index in [1.54, 1.807) is 6.07 Å². The average molecular weight is 193 g/mol. The van der Waals surface area contributed by atoms with Gasteiger partial charge in [-0.25, -0.2) is 0 Å². The van der Waals surface area contributed by atoms with Crippen LogP contribution in [-0.4, -0.2) is 18.3 Å². The van der Waals surface area contributed by atoms with Gasteiger partial charge in [0, 0.05) is 6.54 Å². The third kappa shape index (κ3) is 3.20. The van der Waals surface area contributed by atoms with E-state index >= 15 is 0 Å². The molecule has 0 aliphatic rings. The third-order valence-electron chi connectivity index (χ3n) is 1.81. The lowest BCUT2D eigenvalue weighted by Gasteiger charge is -2.07. The van der Waals surface area contributed by atoms with Crippen LogP contribution >= 0.6 is 0 Å². The minimum atomic E-state index is 0.0229. The highest BCUT2D eigenvalue weighted by Gasteiger charge is 1.96. The lowest BCUT2D eigenvalue weighted by Crippen LogP contribution is -2.09. The van der Waals surface area contributed by atoms with Crippen molar-refractivity contribution >= 4 is 0 Å². The maximum absolute atomic E-state index is 8.89. The third-order valence-corrected chi connectivity index (χ3v) is 1.81. The summed E-state index contributed by atoms with van der Waals surface area (Å²) in [5, 5.41) is 8.89. The van der Waals surface area contributed by atoms with Crippen LogP contribution < -0.4 is 10.5 Å². The van der Waals surface area contributed by atoms with Crippen LogP contribution in [0.4, 0.5) is 0 Å². The Labute approximate surface area is 83.8 Å². The molecular weight excluding hydrogens is 178 g/mol. The van der Waals surface area contributed by atoms with Crippen molar-refractivity contribution in [2.24, 2.45) is 5.73 Å². The molecule has 0 radical (unpaired) electrons. The molecule has 3 heteroatoms. The van der Waals surface area contributed by atoms with Crippen LogP contribution in [0, 0.1) is 0 Å².